The molecule has 580 valence electrons. The molecule has 4 aromatic carbocycles. The molecule has 3 saturated heterocycles. The predicted molar refractivity (Wildman–Crippen MR) is 390 cm³/mol. The lowest BCUT2D eigenvalue weighted by atomic mass is 10.1. The predicted octanol–water partition coefficient (Wildman–Crippen LogP) is -0.956. The summed E-state index contributed by atoms with van der Waals surface area (Å²) in [6.45, 7) is 31.0. The fraction of sp³-hybridized carbons (Fsp3) is 0.614. The topological polar surface area (TPSA) is 413 Å². The average Bonchev–Trinajstić information content (AvgIpc) is 0.930. The Morgan fingerprint density at radius 1 is 0.408 bits per heavy atom. The van der Waals surface area contributed by atoms with Gasteiger partial charge in [-0.15, -0.1) is 0 Å². The summed E-state index contributed by atoms with van der Waals surface area (Å²) in [4.78, 5) is 96.0. The van der Waals surface area contributed by atoms with Crippen LogP contribution in [0.15, 0.2) is 108 Å². The Morgan fingerprint density at radius 3 is 0.951 bits per heavy atom. The van der Waals surface area contributed by atoms with Gasteiger partial charge in [0.1, 0.15) is 13.6 Å². The van der Waals surface area contributed by atoms with Crippen LogP contribution in [0.1, 0.15) is 84.5 Å². The van der Waals surface area contributed by atoms with Crippen LogP contribution in [-0.4, -0.2) is 328 Å². The van der Waals surface area contributed by atoms with Crippen LogP contribution >= 0.6 is 15.2 Å². The van der Waals surface area contributed by atoms with Gasteiger partial charge in [-0.1, -0.05) is 66.7 Å². The molecule has 0 aliphatic carbocycles. The van der Waals surface area contributed by atoms with Crippen LogP contribution in [0.5, 0.6) is 0 Å². The largest absolute Gasteiger partial charge is 0.778 e. The summed E-state index contributed by atoms with van der Waals surface area (Å²) in [6, 6.07) is 28.6. The van der Waals surface area contributed by atoms with Crippen molar-refractivity contribution in [2.75, 3.05) is 170 Å². The molecule has 4 aromatic rings. The number of sulfonamides is 1. The number of aliphatic hydroxyl groups is 6. The van der Waals surface area contributed by atoms with Crippen molar-refractivity contribution in [3.05, 3.63) is 137 Å². The number of rotatable bonds is 30. The Kier molecular flexibility index (Phi) is 38.6. The minimum atomic E-state index is -4.74. The summed E-state index contributed by atoms with van der Waals surface area (Å²) in [5, 5.41) is 73.5. The molecule has 7 rings (SSSR count). The molecule has 30 nitrogen and oxygen atoms in total. The van der Waals surface area contributed by atoms with Crippen molar-refractivity contribution in [2.45, 2.75) is 115 Å². The Bertz CT molecular complexity index is 3260. The fourth-order valence-corrected chi connectivity index (χ4v) is 14.6. The highest BCUT2D eigenvalue weighted by Crippen LogP contribution is 2.28. The highest BCUT2D eigenvalue weighted by Gasteiger charge is 2.26. The van der Waals surface area contributed by atoms with Crippen molar-refractivity contribution in [2.24, 2.45) is 0 Å². The molecular formula is C70H114N12O18P2S-2. The van der Waals surface area contributed by atoms with E-state index in [4.69, 9.17) is 9.79 Å². The van der Waals surface area contributed by atoms with Gasteiger partial charge in [-0.3, -0.25) is 53.7 Å². The molecule has 0 saturated carbocycles. The third-order valence-corrected chi connectivity index (χ3v) is 20.1. The van der Waals surface area contributed by atoms with E-state index in [1.165, 1.54) is 12.1 Å². The van der Waals surface area contributed by atoms with Crippen molar-refractivity contribution < 1.29 is 87.3 Å². The summed E-state index contributed by atoms with van der Waals surface area (Å²) in [5.74, 6) is -2.04. The van der Waals surface area contributed by atoms with E-state index in [2.05, 4.69) is 54.7 Å². The SMILES string of the molecule is C[C@H](O)CN1CCN(Cc2ccc(C(=O)NC(Cc3ccccc3)C(=O)O)cc2)CCN(C[C@H](C)O)CC1.C[C@H](O)CN1CCN(Cc2ccc(C(=O)NCP(=O)([O-])O)cc2)CCN(C[C@H](C)O)CC1.C[C@H](O)CN1CCN(Cc2ccc(S(=O)(=O)NCP(=O)([O-])O)cc2)CCN(C[C@H](C)O)CC1. The Hall–Kier alpha value is -5.10. The maximum absolute atomic E-state index is 12.8. The van der Waals surface area contributed by atoms with Crippen molar-refractivity contribution in [1.29, 1.82) is 0 Å². The monoisotopic (exact) mass is 1500 g/mol. The normalized spacial score (nSPS) is 20.3. The lowest BCUT2D eigenvalue weighted by molar-refractivity contribution is -0.194. The van der Waals surface area contributed by atoms with E-state index in [1.54, 1.807) is 77.9 Å². The summed E-state index contributed by atoms with van der Waals surface area (Å²) in [6.07, 6.45) is -4.13. The molecule has 0 aromatic heterocycles. The fourth-order valence-electron chi connectivity index (χ4n) is 12.3. The second-order valence-electron chi connectivity index (χ2n) is 27.6. The number of β-amino-alcohol motifs (C(OH)–C–C–N with tert-alkyl or cyclic N) is 6. The molecule has 0 radical (unpaired) electrons. The number of carboxylic acids is 1. The molecule has 0 bridgehead atoms. The smallest absolute Gasteiger partial charge is 0.326 e. The third kappa shape index (κ3) is 37.3. The van der Waals surface area contributed by atoms with Gasteiger partial charge in [0.05, 0.1) is 54.1 Å². The highest BCUT2D eigenvalue weighted by atomic mass is 32.2. The highest BCUT2D eigenvalue weighted by molar-refractivity contribution is 7.89. The quantitative estimate of drug-likeness (QED) is 0.0280. The number of aliphatic hydroxyl groups excluding tert-OH is 6. The van der Waals surface area contributed by atoms with Gasteiger partial charge in [0.2, 0.25) is 10.0 Å². The van der Waals surface area contributed by atoms with Crippen molar-refractivity contribution in [3.63, 3.8) is 0 Å². The van der Waals surface area contributed by atoms with Gasteiger partial charge in [0.15, 0.2) is 7.60 Å². The number of carboxylic acid groups (broad SMARTS) is 1. The summed E-state index contributed by atoms with van der Waals surface area (Å²) < 4.78 is 47.9. The molecule has 3 heterocycles. The maximum Gasteiger partial charge on any atom is 0.326 e. The lowest BCUT2D eigenvalue weighted by Crippen LogP contribution is -2.42. The van der Waals surface area contributed by atoms with E-state index in [0.717, 1.165) is 140 Å². The Morgan fingerprint density at radius 2 is 0.680 bits per heavy atom. The first kappa shape index (κ1) is 88.5. The number of amides is 2. The van der Waals surface area contributed by atoms with Gasteiger partial charge in [-0.05, 0) is 100 Å². The first-order valence-electron chi connectivity index (χ1n) is 35.3. The number of benzene rings is 4. The molecule has 33 heteroatoms. The minimum Gasteiger partial charge on any atom is -0.778 e. The van der Waals surface area contributed by atoms with E-state index in [-0.39, 0.29) is 11.3 Å². The Labute approximate surface area is 608 Å². The van der Waals surface area contributed by atoms with Gasteiger partial charge < -0.3 is 75.1 Å². The van der Waals surface area contributed by atoms with Crippen LogP contribution in [0.4, 0.5) is 0 Å². The molecule has 103 heavy (non-hydrogen) atoms. The summed E-state index contributed by atoms with van der Waals surface area (Å²) >= 11 is 0. The van der Waals surface area contributed by atoms with E-state index in [9.17, 15) is 77.5 Å². The zero-order valence-electron chi connectivity index (χ0n) is 60.6. The molecular weight excluding hydrogens is 1390 g/mol. The molecule has 12 N–H and O–H groups in total. The van der Waals surface area contributed by atoms with Gasteiger partial charge in [-0.2, -0.15) is 0 Å². The van der Waals surface area contributed by atoms with E-state index < -0.39 is 98.2 Å². The van der Waals surface area contributed by atoms with E-state index >= 15 is 0 Å². The first-order valence-corrected chi connectivity index (χ1v) is 40.3. The van der Waals surface area contributed by atoms with Gasteiger partial charge in [0, 0.05) is 194 Å². The standard InChI is InChI=1S/C29H42N4O5.C21H37N4O6P.C20H37N4O7PS/c1-22(34)19-31-12-13-32(20-23(2)35)15-17-33(16-14-31)21-25-8-10-26(11-9-25)28(36)30-27(29(37)38)18-24-6-4-3-5-7-24;1-17(26)13-23-7-8-24(14-18(2)27)10-12-25(11-9-23)15-19-3-5-20(6-4-19)21(28)22-16-32(29,30)31;1-17(25)13-22-7-8-23(14-18(2)26)10-12-24(11-9-22)15-19-3-5-20(6-4-19)33(30,31)21-16-32(27,28)29/h3-11,22-23,27,34-35H,12-21H2,1-2H3,(H,30,36)(H,37,38);3-6,17-18,26-27H,7-16H2,1-2H3,(H,22,28)(H2,29,30,31);3-6,17-18,21,25-26H,7-16H2,1-2H3,(H2,27,28,29)/p-2/t22-,23-,27?;2*17-,18-/m000/s1. The zero-order chi connectivity index (χ0) is 75.9. The molecule has 3 aliphatic heterocycles. The average molecular weight is 1510 g/mol. The Balaban J connectivity index is 0.000000279. The maximum atomic E-state index is 12.8. The zero-order valence-corrected chi connectivity index (χ0v) is 63.2. The molecule has 3 fully saturated rings. The van der Waals surface area contributed by atoms with Gasteiger partial charge in [-0.25, -0.2) is 17.9 Å². The second-order valence-corrected chi connectivity index (χ2v) is 32.5. The summed E-state index contributed by atoms with van der Waals surface area (Å²) in [5.41, 5.74) is 4.56. The molecule has 3 aliphatic rings. The van der Waals surface area contributed by atoms with Crippen molar-refractivity contribution in [1.82, 2.24) is 59.5 Å². The number of hydrogen-bond donors (Lipinski definition) is 12. The number of nitrogens with one attached hydrogen (secondary N) is 3. The van der Waals surface area contributed by atoms with Crippen LogP contribution in [0.2, 0.25) is 0 Å². The number of aliphatic carboxylic acids is 1. The van der Waals surface area contributed by atoms with E-state index in [0.29, 0.717) is 70.0 Å². The summed E-state index contributed by atoms with van der Waals surface area (Å²) in [7, 11) is -13.3. The minimum absolute atomic E-state index is 0.0876. The second kappa shape index (κ2) is 44.9. The third-order valence-electron chi connectivity index (χ3n) is 17.4. The molecule has 0 spiro atoms. The number of carbonyl (C=O) groups is 3. The molecule has 3 unspecified atom stereocenters. The van der Waals surface area contributed by atoms with Crippen LogP contribution < -0.4 is 25.1 Å². The first-order chi connectivity index (χ1) is 48.5. The van der Waals surface area contributed by atoms with Crippen LogP contribution in [0, 0.1) is 0 Å². The number of carbonyl (C=O) groups excluding carboxylic acids is 2. The van der Waals surface area contributed by atoms with Crippen LogP contribution in [0.3, 0.4) is 0 Å². The van der Waals surface area contributed by atoms with E-state index in [1.807, 2.05) is 59.3 Å². The van der Waals surface area contributed by atoms with Crippen molar-refractivity contribution >= 4 is 43.0 Å². The molecule has 9 atom stereocenters. The molecule has 2 amide bonds. The van der Waals surface area contributed by atoms with Gasteiger partial charge in [0.25, 0.3) is 11.8 Å². The number of hydrogen-bond acceptors (Lipinski definition) is 24. The lowest BCUT2D eigenvalue weighted by Gasteiger charge is -2.27. The van der Waals surface area contributed by atoms with Gasteiger partial charge >= 0.3 is 5.97 Å². The van der Waals surface area contributed by atoms with Crippen molar-refractivity contribution in [3.8, 4) is 0 Å². The number of nitrogens with zero attached hydrogens (tertiary/aromatic N) is 9. The van der Waals surface area contributed by atoms with Crippen LogP contribution in [-0.2, 0) is 50.0 Å². The van der Waals surface area contributed by atoms with Crippen LogP contribution in [0.25, 0.3) is 0 Å².